The van der Waals surface area contributed by atoms with Gasteiger partial charge in [-0.25, -0.2) is 17.6 Å². The van der Waals surface area contributed by atoms with Crippen molar-refractivity contribution < 1.29 is 184 Å². The molecule has 677 valence electrons. The second-order valence-electron chi connectivity index (χ2n) is 25.5. The maximum absolute atomic E-state index is 13.5. The molecule has 11 aromatic heterocycles. The predicted octanol–water partition coefficient (Wildman–Crippen LogP) is 19.0. The van der Waals surface area contributed by atoms with Crippen LogP contribution in [0.25, 0.3) is 95.9 Å². The van der Waals surface area contributed by atoms with Crippen molar-refractivity contribution in [1.82, 2.24) is 74.8 Å². The summed E-state index contributed by atoms with van der Waals surface area (Å²) >= 11 is 0. The smallest absolute Gasteiger partial charge is 0.512 e. The molecular formula is C87H78F10Ir4N17O8Os-4. The van der Waals surface area contributed by atoms with E-state index in [0.29, 0.717) is 11.6 Å². The number of halogens is 10. The minimum atomic E-state index is -5.23. The first-order valence-corrected chi connectivity index (χ1v) is 36.1. The third kappa shape index (κ3) is 38.9. The van der Waals surface area contributed by atoms with Gasteiger partial charge < -0.3 is 70.6 Å². The van der Waals surface area contributed by atoms with Crippen molar-refractivity contribution in [3.05, 3.63) is 312 Å². The number of hydrogen-bond donors (Lipinski definition) is 4. The minimum absolute atomic E-state index is 0. The summed E-state index contributed by atoms with van der Waals surface area (Å²) in [6.45, 7) is 17.6. The number of fused-ring (bicyclic) bond motifs is 3. The zero-order valence-corrected chi connectivity index (χ0v) is 80.8. The van der Waals surface area contributed by atoms with E-state index in [1.807, 2.05) is 140 Å². The first-order valence-electron chi connectivity index (χ1n) is 36.1. The maximum Gasteiger partial charge on any atom is 1.00 e. The average Bonchev–Trinajstić information content (AvgIpc) is 1.62. The molecule has 3 aromatic carbocycles. The van der Waals surface area contributed by atoms with Crippen LogP contribution in [0.5, 0.6) is 0 Å². The fraction of sp³-hybridized carbons (Fsp3) is 0.172. The number of aliphatic hydroxyl groups excluding tert-OH is 4. The zero-order chi connectivity index (χ0) is 89.8. The van der Waals surface area contributed by atoms with Gasteiger partial charge in [-0.05, 0) is 216 Å². The Balaban J connectivity index is 0.000000717. The predicted molar refractivity (Wildman–Crippen MR) is 439 cm³/mol. The summed E-state index contributed by atoms with van der Waals surface area (Å²) < 4.78 is 128. The number of carbonyl (C=O) groups excluding carboxylic acids is 4. The van der Waals surface area contributed by atoms with Crippen molar-refractivity contribution in [2.24, 2.45) is 4.99 Å². The number of para-hydroxylation sites is 4. The van der Waals surface area contributed by atoms with Gasteiger partial charge in [0.25, 0.3) is 0 Å². The van der Waals surface area contributed by atoms with Crippen molar-refractivity contribution >= 4 is 62.1 Å². The van der Waals surface area contributed by atoms with Crippen LogP contribution in [0.1, 0.15) is 91.9 Å². The number of aromatic nitrogens is 15. The second kappa shape index (κ2) is 56.3. The average molecular weight is 2640 g/mol. The molecule has 0 spiro atoms. The van der Waals surface area contributed by atoms with Crippen LogP contribution < -0.4 is 19.9 Å². The molecule has 5 radical (unpaired) electrons. The number of rotatable bonds is 10. The number of benzene rings is 3. The molecule has 0 saturated heterocycles. The molecule has 2 atom stereocenters. The molecule has 127 heavy (non-hydrogen) atoms. The Bertz CT molecular complexity index is 5620. The molecular weight excluding hydrogens is 2560 g/mol. The Kier molecular flexibility index (Phi) is 50.2. The minimum Gasteiger partial charge on any atom is -0.512 e. The Morgan fingerprint density at radius 1 is 0.370 bits per heavy atom. The molecule has 12 heterocycles. The number of carbonyl (C=O) groups is 4. The Hall–Kier alpha value is -11.8. The number of aliphatic hydroxyl groups is 4. The molecule has 0 amide bonds. The van der Waals surface area contributed by atoms with Gasteiger partial charge in [0.1, 0.15) is 0 Å². The van der Waals surface area contributed by atoms with Crippen LogP contribution >= 0.6 is 0 Å². The van der Waals surface area contributed by atoms with Crippen LogP contribution in [0.2, 0.25) is 0 Å². The summed E-state index contributed by atoms with van der Waals surface area (Å²) in [4.78, 5) is 104. The first-order chi connectivity index (χ1) is 57.8. The van der Waals surface area contributed by atoms with Gasteiger partial charge in [0, 0.05) is 171 Å². The number of aryl methyl sites for hydroxylation is 1. The standard InChI is InChI=1S/C13H10N3.C12H4F4N3.C12H8N3.C10H4F6N3.C10H12N3.C10H8N2.4C5H8O2.4Ir.Os/c1-9-6-7-14-12(8-9)13-15-10-4-2-3-5-11(10)16-13;13-6-7(14)9(16)11-10(8(6)15)18-12(19-11)5-3-1-2-4-17-5;1-2-6-10-9(5-1)14-12(15-10)11-7-3-4-8-13-11;11-9(12,13)6-7(10(14,15)16)19-8(18-6)5-3-1-2-4-17-5;1-7-8(2)13-10(12-7)9-5-3-4-6-11-9;1-3-7-11-9(5-1)10-6-2-4-8-12-10;4*1-4(6)3-5(2)7;;;;;/h2-8H,1H3;1-4H;1-8H;1-4H;3-8H,1-2H3;1-8H;4*3,6H,1-2H3;;;;;/q5*-1;;;;;;;;;;+1. The molecule has 0 bridgehead atoms. The van der Waals surface area contributed by atoms with Crippen molar-refractivity contribution in [2.75, 3.05) is 0 Å². The Morgan fingerprint density at radius 3 is 0.992 bits per heavy atom. The third-order valence-electron chi connectivity index (χ3n) is 14.8. The topological polar surface area (TPSA) is 374 Å². The molecule has 1 aliphatic heterocycles. The van der Waals surface area contributed by atoms with Gasteiger partial charge in [-0.1, -0.05) is 98.8 Å². The number of ketones is 4. The maximum atomic E-state index is 13.5. The van der Waals surface area contributed by atoms with E-state index in [9.17, 15) is 63.1 Å². The zero-order valence-electron chi connectivity index (χ0n) is 68.7. The number of aliphatic imine (C=N–C) groups is 1. The van der Waals surface area contributed by atoms with Crippen molar-refractivity contribution in [2.45, 2.75) is 101 Å². The molecule has 14 aromatic rings. The van der Waals surface area contributed by atoms with Crippen molar-refractivity contribution in [3.8, 4) is 57.5 Å². The van der Waals surface area contributed by atoms with E-state index in [2.05, 4.69) is 98.9 Å². The van der Waals surface area contributed by atoms with Gasteiger partial charge in [-0.2, -0.15) is 26.3 Å². The molecule has 0 aliphatic carbocycles. The molecule has 2 unspecified atom stereocenters. The fourth-order valence-electron chi connectivity index (χ4n) is 9.67. The van der Waals surface area contributed by atoms with Crippen molar-refractivity contribution in [1.29, 1.82) is 0 Å². The number of hydrogen-bond acceptors (Lipinski definition) is 20. The van der Waals surface area contributed by atoms with E-state index in [1.165, 1.54) is 122 Å². The molecule has 25 nitrogen and oxygen atoms in total. The number of nitrogens with zero attached hydrogens (tertiary/aromatic N) is 17. The van der Waals surface area contributed by atoms with Gasteiger partial charge in [-0.3, -0.25) is 54.1 Å². The number of allylic oxidation sites excluding steroid dienone is 8. The molecule has 1 aliphatic rings. The SMILES string of the molecule is CC(=O)C=C(C)O.CC(=O)C=C(C)O.CC(=O)C=C(C)O.CC(=O)C=C(C)O.CC1N=C(c2ccccn2)[N-]C1C.Cc1ccnc(-c2nc3ccccc3[n-]2)c1.FC(F)(F)c1nc(-c2ccccn2)[n-]c1C(F)(F)F.Fc1c(F)c(F)c2[n-]c(-c3ccccn3)nc2c1F.[Ir].[Ir].[Ir].[Ir].[Os+].c1ccc(-c2ccccn2)nc1.c1ccc(-c2nc3ccccc3[n-]2)nc1. The van der Waals surface area contributed by atoms with Crippen LogP contribution in [0, 0.1) is 30.2 Å². The Morgan fingerprint density at radius 2 is 0.693 bits per heavy atom. The van der Waals surface area contributed by atoms with Gasteiger partial charge in [0.15, 0.2) is 46.4 Å². The van der Waals surface area contributed by atoms with E-state index in [4.69, 9.17) is 20.4 Å². The summed E-state index contributed by atoms with van der Waals surface area (Å²) in [6, 6.07) is 52.2. The van der Waals surface area contributed by atoms with Crippen LogP contribution in [0.4, 0.5) is 43.9 Å². The quantitative estimate of drug-likeness (QED) is 0.0325. The molecule has 0 saturated carbocycles. The molecule has 0 fully saturated rings. The summed E-state index contributed by atoms with van der Waals surface area (Å²) in [7, 11) is 0. The molecule has 15 rings (SSSR count). The van der Waals surface area contributed by atoms with Crippen LogP contribution in [0.15, 0.2) is 266 Å². The number of pyridine rings is 7. The van der Waals surface area contributed by atoms with E-state index >= 15 is 0 Å². The van der Waals surface area contributed by atoms with E-state index in [-0.39, 0.29) is 176 Å². The van der Waals surface area contributed by atoms with Gasteiger partial charge in [0.2, 0.25) is 0 Å². The number of amidine groups is 1. The van der Waals surface area contributed by atoms with Crippen LogP contribution in [-0.4, -0.2) is 116 Å². The number of imidazole rings is 4. The number of alkyl halides is 6. The second-order valence-corrected chi connectivity index (χ2v) is 25.5. The summed E-state index contributed by atoms with van der Waals surface area (Å²) in [5.41, 5.74) is 3.84. The molecule has 40 heteroatoms. The van der Waals surface area contributed by atoms with E-state index in [0.717, 1.165) is 56.4 Å². The first kappa shape index (κ1) is 113. The molecule has 4 N–H and O–H groups in total. The fourth-order valence-corrected chi connectivity index (χ4v) is 9.67. The van der Waals surface area contributed by atoms with Gasteiger partial charge in [0.05, 0.1) is 62.9 Å². The third-order valence-corrected chi connectivity index (χ3v) is 14.8. The van der Waals surface area contributed by atoms with E-state index in [1.54, 1.807) is 43.1 Å². The van der Waals surface area contributed by atoms with E-state index < -0.39 is 63.9 Å². The Labute approximate surface area is 789 Å². The summed E-state index contributed by atoms with van der Waals surface area (Å²) in [5, 5.41) is 37.9. The van der Waals surface area contributed by atoms with Crippen molar-refractivity contribution in [3.63, 3.8) is 0 Å². The summed E-state index contributed by atoms with van der Waals surface area (Å²) in [6.07, 6.45) is 5.68. The van der Waals surface area contributed by atoms with Crippen LogP contribution in [0.3, 0.4) is 0 Å². The van der Waals surface area contributed by atoms with Gasteiger partial charge >= 0.3 is 32.1 Å². The van der Waals surface area contributed by atoms with Crippen LogP contribution in [-0.2, 0) is 132 Å². The van der Waals surface area contributed by atoms with Gasteiger partial charge in [-0.15, -0.1) is 0 Å². The summed E-state index contributed by atoms with van der Waals surface area (Å²) in [5.74, 6) is -5.82. The normalized spacial score (nSPS) is 12.4. The largest absolute Gasteiger partial charge is 1.00 e. The monoisotopic (exact) mass is 2640 g/mol.